The number of esters is 1. The van der Waals surface area contributed by atoms with Crippen LogP contribution in [0, 0.1) is 23.7 Å². The number of fused-ring (bicyclic) bond motifs is 5. The van der Waals surface area contributed by atoms with Crippen molar-refractivity contribution < 1.29 is 9.53 Å². The predicted molar refractivity (Wildman–Crippen MR) is 52.5 cm³/mol. The molecule has 3 aliphatic rings. The fraction of sp³-hybridized carbons (Fsp3) is 0.750. The Morgan fingerprint density at radius 3 is 3.00 bits per heavy atom. The molecule has 2 saturated carbocycles. The summed E-state index contributed by atoms with van der Waals surface area (Å²) in [5.74, 6) is 2.95. The highest BCUT2D eigenvalue weighted by atomic mass is 16.5. The lowest BCUT2D eigenvalue weighted by atomic mass is 9.80. The van der Waals surface area contributed by atoms with Crippen LogP contribution in [0.25, 0.3) is 0 Å². The van der Waals surface area contributed by atoms with E-state index >= 15 is 0 Å². The Morgan fingerprint density at radius 2 is 2.21 bits per heavy atom. The smallest absolute Gasteiger partial charge is 0.302 e. The number of carbonyl (C=O) groups excluding carboxylic acids is 1. The summed E-state index contributed by atoms with van der Waals surface area (Å²) in [7, 11) is 0. The summed E-state index contributed by atoms with van der Waals surface area (Å²) >= 11 is 0. The van der Waals surface area contributed by atoms with Gasteiger partial charge in [0.1, 0.15) is 6.10 Å². The van der Waals surface area contributed by atoms with Gasteiger partial charge in [0.25, 0.3) is 0 Å². The summed E-state index contributed by atoms with van der Waals surface area (Å²) in [6.07, 6.45) is 8.56. The van der Waals surface area contributed by atoms with E-state index in [1.807, 2.05) is 0 Å². The van der Waals surface area contributed by atoms with E-state index in [1.165, 1.54) is 19.8 Å². The highest BCUT2D eigenvalue weighted by molar-refractivity contribution is 5.66. The van der Waals surface area contributed by atoms with Gasteiger partial charge in [-0.05, 0) is 37.0 Å². The molecule has 0 heterocycles. The van der Waals surface area contributed by atoms with Crippen LogP contribution in [0.5, 0.6) is 0 Å². The van der Waals surface area contributed by atoms with Gasteiger partial charge < -0.3 is 4.74 Å². The molecule has 0 aromatic rings. The molecule has 0 aromatic heterocycles. The molecule has 5 atom stereocenters. The molecular formula is C12H16O2. The maximum atomic E-state index is 10.9. The first kappa shape index (κ1) is 8.51. The van der Waals surface area contributed by atoms with E-state index in [2.05, 4.69) is 12.2 Å². The molecule has 0 spiro atoms. The molecule has 2 bridgehead atoms. The van der Waals surface area contributed by atoms with E-state index in [1.54, 1.807) is 0 Å². The lowest BCUT2D eigenvalue weighted by Gasteiger charge is -2.30. The molecule has 2 fully saturated rings. The summed E-state index contributed by atoms with van der Waals surface area (Å²) in [6, 6.07) is 0. The van der Waals surface area contributed by atoms with Crippen molar-refractivity contribution in [1.82, 2.24) is 0 Å². The summed E-state index contributed by atoms with van der Waals surface area (Å²) in [5, 5.41) is 0. The molecule has 14 heavy (non-hydrogen) atoms. The fourth-order valence-corrected chi connectivity index (χ4v) is 3.83. The van der Waals surface area contributed by atoms with Gasteiger partial charge in [-0.25, -0.2) is 0 Å². The third-order valence-corrected chi connectivity index (χ3v) is 4.27. The molecule has 0 aromatic carbocycles. The fourth-order valence-electron chi connectivity index (χ4n) is 3.83. The second kappa shape index (κ2) is 2.85. The maximum Gasteiger partial charge on any atom is 0.302 e. The minimum Gasteiger partial charge on any atom is -0.462 e. The first-order chi connectivity index (χ1) is 6.75. The normalized spacial score (nSPS) is 48.2. The van der Waals surface area contributed by atoms with Crippen LogP contribution in [0.1, 0.15) is 26.2 Å². The molecule has 3 aliphatic carbocycles. The maximum absolute atomic E-state index is 10.9. The highest BCUT2D eigenvalue weighted by Crippen LogP contribution is 2.57. The van der Waals surface area contributed by atoms with Gasteiger partial charge in [0.2, 0.25) is 0 Å². The van der Waals surface area contributed by atoms with Crippen LogP contribution in [-0.2, 0) is 9.53 Å². The topological polar surface area (TPSA) is 26.3 Å². The van der Waals surface area contributed by atoms with Crippen molar-refractivity contribution in [2.24, 2.45) is 23.7 Å². The van der Waals surface area contributed by atoms with E-state index in [0.717, 1.165) is 24.2 Å². The van der Waals surface area contributed by atoms with Crippen LogP contribution >= 0.6 is 0 Å². The number of allylic oxidation sites excluding steroid dienone is 2. The van der Waals surface area contributed by atoms with E-state index in [9.17, 15) is 4.79 Å². The van der Waals surface area contributed by atoms with Gasteiger partial charge in [-0.15, -0.1) is 0 Å². The summed E-state index contributed by atoms with van der Waals surface area (Å²) in [4.78, 5) is 10.9. The standard InChI is InChI=1S/C12H16O2/c1-7(13)14-12-6-8-5-11(12)10-4-2-3-9(8)10/h2,4,8-12H,3,5-6H2,1H3/t8?,9-,10-,11?,12-/m1/s1. The molecule has 3 rings (SSSR count). The number of rotatable bonds is 1. The number of carbonyl (C=O) groups is 1. The Hall–Kier alpha value is -0.790. The van der Waals surface area contributed by atoms with E-state index < -0.39 is 0 Å². The molecule has 2 nitrogen and oxygen atoms in total. The molecule has 76 valence electrons. The zero-order valence-electron chi connectivity index (χ0n) is 8.48. The van der Waals surface area contributed by atoms with Crippen molar-refractivity contribution >= 4 is 5.97 Å². The monoisotopic (exact) mass is 192 g/mol. The predicted octanol–water partition coefficient (Wildman–Crippen LogP) is 2.15. The second-order valence-corrected chi connectivity index (χ2v) is 4.95. The molecule has 0 aliphatic heterocycles. The Bertz CT molecular complexity index is 295. The Labute approximate surface area is 84.3 Å². The molecular weight excluding hydrogens is 176 g/mol. The summed E-state index contributed by atoms with van der Waals surface area (Å²) in [6.45, 7) is 1.52. The van der Waals surface area contributed by atoms with Crippen LogP contribution < -0.4 is 0 Å². The third-order valence-electron chi connectivity index (χ3n) is 4.27. The molecule has 0 N–H and O–H groups in total. The number of ether oxygens (including phenoxy) is 1. The number of hydrogen-bond donors (Lipinski definition) is 0. The van der Waals surface area contributed by atoms with Gasteiger partial charge in [-0.2, -0.15) is 0 Å². The SMILES string of the molecule is CC(=O)O[C@@H]1CC2CC1[C@@H]1C=CC[C@H]21. The van der Waals surface area contributed by atoms with Crippen molar-refractivity contribution in [2.75, 3.05) is 0 Å². The van der Waals surface area contributed by atoms with Gasteiger partial charge in [-0.3, -0.25) is 4.79 Å². The third kappa shape index (κ3) is 1.06. The van der Waals surface area contributed by atoms with Gasteiger partial charge in [0.15, 0.2) is 0 Å². The minimum atomic E-state index is -0.110. The lowest BCUT2D eigenvalue weighted by molar-refractivity contribution is -0.149. The second-order valence-electron chi connectivity index (χ2n) is 4.95. The van der Waals surface area contributed by atoms with Crippen LogP contribution in [-0.4, -0.2) is 12.1 Å². The first-order valence-corrected chi connectivity index (χ1v) is 5.59. The van der Waals surface area contributed by atoms with Crippen LogP contribution in [0.2, 0.25) is 0 Å². The molecule has 2 unspecified atom stereocenters. The van der Waals surface area contributed by atoms with Crippen molar-refractivity contribution in [3.8, 4) is 0 Å². The van der Waals surface area contributed by atoms with Crippen LogP contribution in [0.3, 0.4) is 0 Å². The van der Waals surface area contributed by atoms with Crippen LogP contribution in [0.15, 0.2) is 12.2 Å². The molecule has 0 amide bonds. The minimum absolute atomic E-state index is 0.110. The first-order valence-electron chi connectivity index (χ1n) is 5.59. The van der Waals surface area contributed by atoms with E-state index in [0.29, 0.717) is 5.92 Å². The molecule has 0 saturated heterocycles. The van der Waals surface area contributed by atoms with Crippen molar-refractivity contribution in [3.63, 3.8) is 0 Å². The van der Waals surface area contributed by atoms with Gasteiger partial charge >= 0.3 is 5.97 Å². The quantitative estimate of drug-likeness (QED) is 0.470. The van der Waals surface area contributed by atoms with Crippen molar-refractivity contribution in [2.45, 2.75) is 32.3 Å². The lowest BCUT2D eigenvalue weighted by Crippen LogP contribution is -2.31. The Morgan fingerprint density at radius 1 is 1.36 bits per heavy atom. The summed E-state index contributed by atoms with van der Waals surface area (Å²) in [5.41, 5.74) is 0. The van der Waals surface area contributed by atoms with E-state index in [4.69, 9.17) is 4.74 Å². The number of hydrogen-bond acceptors (Lipinski definition) is 2. The van der Waals surface area contributed by atoms with E-state index in [-0.39, 0.29) is 12.1 Å². The zero-order chi connectivity index (χ0) is 9.71. The molecule has 2 heteroatoms. The van der Waals surface area contributed by atoms with Crippen LogP contribution in [0.4, 0.5) is 0 Å². The largest absolute Gasteiger partial charge is 0.462 e. The van der Waals surface area contributed by atoms with Gasteiger partial charge in [-0.1, -0.05) is 12.2 Å². The van der Waals surface area contributed by atoms with Crippen molar-refractivity contribution in [3.05, 3.63) is 12.2 Å². The average molecular weight is 192 g/mol. The Balaban J connectivity index is 1.76. The zero-order valence-corrected chi connectivity index (χ0v) is 8.48. The van der Waals surface area contributed by atoms with Crippen molar-refractivity contribution in [1.29, 1.82) is 0 Å². The summed E-state index contributed by atoms with van der Waals surface area (Å²) < 4.78 is 5.38. The van der Waals surface area contributed by atoms with Gasteiger partial charge in [0, 0.05) is 12.8 Å². The highest BCUT2D eigenvalue weighted by Gasteiger charge is 2.53. The molecule has 0 radical (unpaired) electrons. The van der Waals surface area contributed by atoms with Gasteiger partial charge in [0.05, 0.1) is 0 Å². The Kier molecular flexibility index (Phi) is 1.73. The average Bonchev–Trinajstić information content (AvgIpc) is 2.68.